The second-order valence-electron chi connectivity index (χ2n) is 7.08. The molecule has 1 fully saturated rings. The van der Waals surface area contributed by atoms with Crippen LogP contribution >= 0.6 is 15.9 Å². The van der Waals surface area contributed by atoms with Crippen LogP contribution < -0.4 is 5.32 Å². The van der Waals surface area contributed by atoms with E-state index in [2.05, 4.69) is 21.2 Å². The Hall–Kier alpha value is -2.72. The number of hydrogen-bond acceptors (Lipinski definition) is 2. The maximum Gasteiger partial charge on any atom is 0.236 e. The van der Waals surface area contributed by atoms with Crippen LogP contribution in [0.3, 0.4) is 0 Å². The fraction of sp³-hybridized carbons (Fsp3) is 0.130. The number of halogens is 1. The van der Waals surface area contributed by atoms with Crippen molar-refractivity contribution in [2.45, 2.75) is 11.3 Å². The number of Topliss-reactive ketones (excluding diaryl/α,β-unsaturated/α-hetero) is 1. The molecule has 2 aliphatic rings. The Morgan fingerprint density at radius 1 is 0.889 bits per heavy atom. The Morgan fingerprint density at radius 2 is 1.56 bits per heavy atom. The zero-order valence-electron chi connectivity index (χ0n) is 14.4. The maximum atomic E-state index is 13.4. The average Bonchev–Trinajstić information content (AvgIpc) is 3.30. The summed E-state index contributed by atoms with van der Waals surface area (Å²) in [6, 6.07) is 24.8. The van der Waals surface area contributed by atoms with Gasteiger partial charge >= 0.3 is 0 Å². The molecule has 0 bridgehead atoms. The van der Waals surface area contributed by atoms with E-state index in [0.29, 0.717) is 5.56 Å². The predicted octanol–water partition coefficient (Wildman–Crippen LogP) is 4.94. The Morgan fingerprint density at radius 3 is 2.33 bits per heavy atom. The van der Waals surface area contributed by atoms with E-state index in [1.807, 2.05) is 78.9 Å². The van der Waals surface area contributed by atoms with E-state index in [-0.39, 0.29) is 17.6 Å². The van der Waals surface area contributed by atoms with Gasteiger partial charge in [0.1, 0.15) is 0 Å². The van der Waals surface area contributed by atoms with E-state index in [1.54, 1.807) is 0 Å². The molecule has 4 heteroatoms. The van der Waals surface area contributed by atoms with E-state index < -0.39 is 11.3 Å². The predicted molar refractivity (Wildman–Crippen MR) is 108 cm³/mol. The third-order valence-corrected chi connectivity index (χ3v) is 6.51. The van der Waals surface area contributed by atoms with Crippen LogP contribution in [0.4, 0.5) is 5.69 Å². The summed E-state index contributed by atoms with van der Waals surface area (Å²) >= 11 is 3.62. The molecule has 1 aliphatic carbocycles. The molecule has 1 amide bonds. The van der Waals surface area contributed by atoms with Gasteiger partial charge in [0.15, 0.2) is 5.78 Å². The fourth-order valence-corrected chi connectivity index (χ4v) is 5.13. The Balaban J connectivity index is 1.70. The van der Waals surface area contributed by atoms with Crippen molar-refractivity contribution >= 4 is 33.3 Å². The van der Waals surface area contributed by atoms with Gasteiger partial charge in [0.25, 0.3) is 0 Å². The summed E-state index contributed by atoms with van der Waals surface area (Å²) < 4.78 is 0.926. The highest BCUT2D eigenvalue weighted by molar-refractivity contribution is 9.10. The van der Waals surface area contributed by atoms with Crippen LogP contribution in [0, 0.1) is 5.92 Å². The van der Waals surface area contributed by atoms with Crippen LogP contribution in [-0.2, 0) is 10.2 Å². The smallest absolute Gasteiger partial charge is 0.236 e. The van der Waals surface area contributed by atoms with Gasteiger partial charge < -0.3 is 5.32 Å². The largest absolute Gasteiger partial charge is 0.325 e. The lowest BCUT2D eigenvalue weighted by atomic mass is 9.90. The molecule has 3 atom stereocenters. The summed E-state index contributed by atoms with van der Waals surface area (Å²) in [6.07, 6.45) is 0. The second kappa shape index (κ2) is 5.89. The molecule has 1 aliphatic heterocycles. The first-order valence-electron chi connectivity index (χ1n) is 8.90. The topological polar surface area (TPSA) is 46.2 Å². The number of ketones is 1. The average molecular weight is 418 g/mol. The molecule has 3 aromatic carbocycles. The SMILES string of the molecule is O=C(c1ccccc1)[C@H]1[C@H](c2ccccc2Br)[C@]12C(=O)Nc1ccccc12. The van der Waals surface area contributed by atoms with Gasteiger partial charge in [0.2, 0.25) is 5.91 Å². The van der Waals surface area contributed by atoms with Crippen molar-refractivity contribution in [3.63, 3.8) is 0 Å². The van der Waals surface area contributed by atoms with Gasteiger partial charge in [-0.3, -0.25) is 9.59 Å². The monoisotopic (exact) mass is 417 g/mol. The van der Waals surface area contributed by atoms with Crippen molar-refractivity contribution in [2.24, 2.45) is 5.92 Å². The number of para-hydroxylation sites is 1. The lowest BCUT2D eigenvalue weighted by molar-refractivity contribution is -0.118. The summed E-state index contributed by atoms with van der Waals surface area (Å²) in [6.45, 7) is 0. The highest BCUT2D eigenvalue weighted by atomic mass is 79.9. The van der Waals surface area contributed by atoms with E-state index in [0.717, 1.165) is 21.3 Å². The number of fused-ring (bicyclic) bond motifs is 2. The molecule has 27 heavy (non-hydrogen) atoms. The minimum Gasteiger partial charge on any atom is -0.325 e. The highest BCUT2D eigenvalue weighted by Crippen LogP contribution is 2.70. The molecule has 1 spiro atoms. The van der Waals surface area contributed by atoms with Crippen molar-refractivity contribution in [3.05, 3.63) is 100 Å². The Kier molecular flexibility index (Phi) is 3.59. The summed E-state index contributed by atoms with van der Waals surface area (Å²) in [5, 5.41) is 3.00. The molecule has 1 saturated carbocycles. The van der Waals surface area contributed by atoms with Crippen molar-refractivity contribution in [1.82, 2.24) is 0 Å². The first-order chi connectivity index (χ1) is 13.2. The molecule has 1 heterocycles. The number of anilines is 1. The summed E-state index contributed by atoms with van der Waals surface area (Å²) in [7, 11) is 0. The van der Waals surface area contributed by atoms with Gasteiger partial charge in [-0.1, -0.05) is 82.7 Å². The zero-order chi connectivity index (χ0) is 18.6. The van der Waals surface area contributed by atoms with E-state index >= 15 is 0 Å². The van der Waals surface area contributed by atoms with E-state index in [9.17, 15) is 9.59 Å². The van der Waals surface area contributed by atoms with E-state index in [1.165, 1.54) is 0 Å². The lowest BCUT2D eigenvalue weighted by Gasteiger charge is -2.10. The van der Waals surface area contributed by atoms with E-state index in [4.69, 9.17) is 0 Å². The van der Waals surface area contributed by atoms with Crippen LogP contribution in [0.15, 0.2) is 83.3 Å². The Labute approximate surface area is 165 Å². The second-order valence-corrected chi connectivity index (χ2v) is 7.93. The third kappa shape index (κ3) is 2.20. The number of carbonyl (C=O) groups is 2. The fourth-order valence-electron chi connectivity index (χ4n) is 4.60. The van der Waals surface area contributed by atoms with Crippen molar-refractivity contribution in [1.29, 1.82) is 0 Å². The molecule has 0 unspecified atom stereocenters. The molecule has 3 nitrogen and oxygen atoms in total. The van der Waals surface area contributed by atoms with Crippen LogP contribution in [0.5, 0.6) is 0 Å². The summed E-state index contributed by atoms with van der Waals surface area (Å²) in [4.78, 5) is 26.6. The number of rotatable bonds is 3. The van der Waals surface area contributed by atoms with Crippen molar-refractivity contribution in [2.75, 3.05) is 5.32 Å². The molecule has 0 radical (unpaired) electrons. The van der Waals surface area contributed by atoms with Gasteiger partial charge in [0, 0.05) is 27.6 Å². The molecule has 3 aromatic rings. The molecule has 5 rings (SSSR count). The normalized spacial score (nSPS) is 25.1. The lowest BCUT2D eigenvalue weighted by Crippen LogP contribution is -2.25. The van der Waals surface area contributed by atoms with Crippen LogP contribution in [0.2, 0.25) is 0 Å². The van der Waals surface area contributed by atoms with Crippen LogP contribution in [0.25, 0.3) is 0 Å². The van der Waals surface area contributed by atoms with Crippen LogP contribution in [-0.4, -0.2) is 11.7 Å². The molecule has 132 valence electrons. The van der Waals surface area contributed by atoms with Gasteiger partial charge in [-0.25, -0.2) is 0 Å². The van der Waals surface area contributed by atoms with Crippen molar-refractivity contribution in [3.8, 4) is 0 Å². The quantitative estimate of drug-likeness (QED) is 0.613. The van der Waals surface area contributed by atoms with Gasteiger partial charge in [0.05, 0.1) is 5.41 Å². The summed E-state index contributed by atoms with van der Waals surface area (Å²) in [5.41, 5.74) is 2.54. The van der Waals surface area contributed by atoms with Gasteiger partial charge in [-0.15, -0.1) is 0 Å². The number of benzene rings is 3. The number of nitrogens with one attached hydrogen (secondary N) is 1. The first kappa shape index (κ1) is 16.5. The third-order valence-electron chi connectivity index (χ3n) is 5.78. The first-order valence-corrected chi connectivity index (χ1v) is 9.69. The van der Waals surface area contributed by atoms with Gasteiger partial charge in [-0.05, 0) is 23.3 Å². The van der Waals surface area contributed by atoms with Crippen molar-refractivity contribution < 1.29 is 9.59 Å². The number of carbonyl (C=O) groups excluding carboxylic acids is 2. The highest BCUT2D eigenvalue weighted by Gasteiger charge is 2.76. The number of amides is 1. The van der Waals surface area contributed by atoms with Crippen LogP contribution in [0.1, 0.15) is 27.4 Å². The van der Waals surface area contributed by atoms with Gasteiger partial charge in [-0.2, -0.15) is 0 Å². The molecule has 1 N–H and O–H groups in total. The standard InChI is InChI=1S/C23H16BrNO2/c24-17-12-6-4-10-15(17)19-20(21(26)14-8-2-1-3-9-14)23(19)16-11-5-7-13-18(16)25-22(23)27/h1-13,19-20H,(H,25,27)/t19-,20+,23-/m0/s1. The number of hydrogen-bond donors (Lipinski definition) is 1. The minimum absolute atomic E-state index is 0.0169. The maximum absolute atomic E-state index is 13.4. The molecular weight excluding hydrogens is 402 g/mol. The molecule has 0 aromatic heterocycles. The Bertz CT molecular complexity index is 1080. The molecular formula is C23H16BrNO2. The summed E-state index contributed by atoms with van der Waals surface area (Å²) in [5.74, 6) is -0.673. The molecule has 0 saturated heterocycles. The minimum atomic E-state index is -0.840. The zero-order valence-corrected chi connectivity index (χ0v) is 15.9.